The lowest BCUT2D eigenvalue weighted by molar-refractivity contribution is 0.101. The zero-order chi connectivity index (χ0) is 13.1. The van der Waals surface area contributed by atoms with Crippen LogP contribution in [0.2, 0.25) is 5.02 Å². The zero-order valence-corrected chi connectivity index (χ0v) is 10.6. The van der Waals surface area contributed by atoms with Crippen LogP contribution in [-0.2, 0) is 7.05 Å². The van der Waals surface area contributed by atoms with Crippen molar-refractivity contribution in [2.75, 3.05) is 5.32 Å². The number of aryl methyl sites for hydroxylation is 1. The fourth-order valence-electron chi connectivity index (χ4n) is 1.64. The Kier molecular flexibility index (Phi) is 3.48. The first-order chi connectivity index (χ1) is 8.61. The lowest BCUT2D eigenvalue weighted by atomic mass is 10.2. The molecule has 2 aromatic rings. The van der Waals surface area contributed by atoms with Crippen LogP contribution in [0.1, 0.15) is 16.1 Å². The lowest BCUT2D eigenvalue weighted by Gasteiger charge is -2.06. The minimum Gasteiger partial charge on any atom is -0.321 e. The fraction of sp³-hybridized carbons (Fsp3) is 0.0769. The molecule has 0 radical (unpaired) electrons. The summed E-state index contributed by atoms with van der Waals surface area (Å²) < 4.78 is 1.51. The number of nitrogens with zero attached hydrogens (tertiary/aromatic N) is 2. The average molecular weight is 262 g/mol. The van der Waals surface area contributed by atoms with Gasteiger partial charge in [-0.3, -0.25) is 9.48 Å². The van der Waals surface area contributed by atoms with E-state index in [1.54, 1.807) is 43.6 Å². The van der Waals surface area contributed by atoms with Crippen molar-refractivity contribution in [2.45, 2.75) is 0 Å². The van der Waals surface area contributed by atoms with E-state index in [9.17, 15) is 4.79 Å². The van der Waals surface area contributed by atoms with E-state index in [0.29, 0.717) is 22.0 Å². The largest absolute Gasteiger partial charge is 0.321 e. The van der Waals surface area contributed by atoms with Crippen LogP contribution in [-0.4, -0.2) is 15.7 Å². The molecule has 0 spiro atoms. The number of halogens is 1. The summed E-state index contributed by atoms with van der Waals surface area (Å²) in [7, 11) is 1.71. The Morgan fingerprint density at radius 3 is 3.00 bits per heavy atom. The van der Waals surface area contributed by atoms with E-state index < -0.39 is 0 Å². The molecule has 0 saturated heterocycles. The predicted octanol–water partition coefficient (Wildman–Crippen LogP) is 2.97. The Hall–Kier alpha value is -2.07. The first kappa shape index (κ1) is 12.4. The number of aromatic nitrogens is 2. The second-order valence-corrected chi connectivity index (χ2v) is 4.18. The summed E-state index contributed by atoms with van der Waals surface area (Å²) >= 11 is 5.86. The molecule has 0 bridgehead atoms. The smallest absolute Gasteiger partial charge is 0.274 e. The maximum atomic E-state index is 12.1. The number of hydrogen-bond acceptors (Lipinski definition) is 2. The van der Waals surface area contributed by atoms with Crippen LogP contribution in [0.4, 0.5) is 5.69 Å². The van der Waals surface area contributed by atoms with Gasteiger partial charge in [0.15, 0.2) is 0 Å². The fourth-order valence-corrected chi connectivity index (χ4v) is 1.83. The molecule has 1 heterocycles. The summed E-state index contributed by atoms with van der Waals surface area (Å²) in [6.45, 7) is 3.65. The second kappa shape index (κ2) is 5.06. The van der Waals surface area contributed by atoms with Gasteiger partial charge in [-0.05, 0) is 18.2 Å². The molecular weight excluding hydrogens is 250 g/mol. The molecule has 18 heavy (non-hydrogen) atoms. The quantitative estimate of drug-likeness (QED) is 0.923. The Balaban J connectivity index is 2.27. The van der Waals surface area contributed by atoms with Crippen LogP contribution in [0.15, 0.2) is 37.0 Å². The van der Waals surface area contributed by atoms with E-state index in [4.69, 9.17) is 11.6 Å². The molecule has 1 aromatic heterocycles. The molecule has 1 aromatic carbocycles. The van der Waals surface area contributed by atoms with Crippen LogP contribution >= 0.6 is 11.6 Å². The Labute approximate surface area is 110 Å². The summed E-state index contributed by atoms with van der Waals surface area (Å²) in [6, 6.07) is 6.98. The van der Waals surface area contributed by atoms with Crippen molar-refractivity contribution < 1.29 is 4.79 Å². The van der Waals surface area contributed by atoms with E-state index in [-0.39, 0.29) is 5.91 Å². The first-order valence-electron chi connectivity index (χ1n) is 5.33. The van der Waals surface area contributed by atoms with Crippen molar-refractivity contribution in [3.05, 3.63) is 53.3 Å². The average Bonchev–Trinajstić information content (AvgIpc) is 2.70. The highest BCUT2D eigenvalue weighted by molar-refractivity contribution is 6.30. The van der Waals surface area contributed by atoms with Crippen LogP contribution in [0.5, 0.6) is 0 Å². The van der Waals surface area contributed by atoms with Crippen molar-refractivity contribution in [2.24, 2.45) is 7.05 Å². The Morgan fingerprint density at radius 2 is 2.33 bits per heavy atom. The predicted molar refractivity (Wildman–Crippen MR) is 72.7 cm³/mol. The van der Waals surface area contributed by atoms with Gasteiger partial charge in [0.05, 0.1) is 6.20 Å². The number of amides is 1. The van der Waals surface area contributed by atoms with Gasteiger partial charge in [0.1, 0.15) is 5.69 Å². The van der Waals surface area contributed by atoms with Gasteiger partial charge in [0, 0.05) is 23.3 Å². The molecule has 4 nitrogen and oxygen atoms in total. The van der Waals surface area contributed by atoms with Gasteiger partial charge < -0.3 is 5.32 Å². The third kappa shape index (κ3) is 2.43. The van der Waals surface area contributed by atoms with Crippen LogP contribution < -0.4 is 5.32 Å². The first-order valence-corrected chi connectivity index (χ1v) is 5.71. The van der Waals surface area contributed by atoms with E-state index >= 15 is 0 Å². The summed E-state index contributed by atoms with van der Waals surface area (Å²) in [6.07, 6.45) is 3.19. The van der Waals surface area contributed by atoms with Gasteiger partial charge in [-0.1, -0.05) is 30.3 Å². The number of anilines is 1. The highest BCUT2D eigenvalue weighted by Gasteiger charge is 2.15. The van der Waals surface area contributed by atoms with Gasteiger partial charge in [-0.2, -0.15) is 5.10 Å². The highest BCUT2D eigenvalue weighted by Crippen LogP contribution is 2.17. The molecule has 0 fully saturated rings. The number of carbonyl (C=O) groups excluding carboxylic acids is 1. The van der Waals surface area contributed by atoms with Gasteiger partial charge in [-0.15, -0.1) is 0 Å². The molecule has 5 heteroatoms. The van der Waals surface area contributed by atoms with Crippen LogP contribution in [0.3, 0.4) is 0 Å². The zero-order valence-electron chi connectivity index (χ0n) is 9.85. The van der Waals surface area contributed by atoms with E-state index in [1.165, 1.54) is 4.68 Å². The molecule has 0 saturated carbocycles. The molecule has 0 atom stereocenters. The lowest BCUT2D eigenvalue weighted by Crippen LogP contribution is -2.17. The van der Waals surface area contributed by atoms with Gasteiger partial charge in [-0.25, -0.2) is 0 Å². The third-order valence-electron chi connectivity index (χ3n) is 2.48. The van der Waals surface area contributed by atoms with Crippen molar-refractivity contribution in [3.63, 3.8) is 0 Å². The molecule has 2 rings (SSSR count). The molecular formula is C13H12ClN3O. The normalized spacial score (nSPS) is 10.1. The van der Waals surface area contributed by atoms with Gasteiger partial charge >= 0.3 is 0 Å². The topological polar surface area (TPSA) is 46.9 Å². The van der Waals surface area contributed by atoms with Crippen molar-refractivity contribution in [3.8, 4) is 0 Å². The van der Waals surface area contributed by atoms with Crippen molar-refractivity contribution in [1.82, 2.24) is 9.78 Å². The van der Waals surface area contributed by atoms with Crippen molar-refractivity contribution >= 4 is 29.3 Å². The summed E-state index contributed by atoms with van der Waals surface area (Å²) in [5.41, 5.74) is 1.80. The Morgan fingerprint density at radius 1 is 1.56 bits per heavy atom. The molecule has 0 unspecified atom stereocenters. The number of hydrogen-bond donors (Lipinski definition) is 1. The van der Waals surface area contributed by atoms with Crippen LogP contribution in [0, 0.1) is 0 Å². The number of nitrogens with one attached hydrogen (secondary N) is 1. The SMILES string of the molecule is C=Cc1cnn(C)c1C(=O)Nc1cccc(Cl)c1. The molecule has 1 amide bonds. The van der Waals surface area contributed by atoms with Gasteiger partial charge in [0.2, 0.25) is 0 Å². The third-order valence-corrected chi connectivity index (χ3v) is 2.72. The monoisotopic (exact) mass is 261 g/mol. The van der Waals surface area contributed by atoms with Gasteiger partial charge in [0.25, 0.3) is 5.91 Å². The summed E-state index contributed by atoms with van der Waals surface area (Å²) in [4.78, 5) is 12.1. The summed E-state index contributed by atoms with van der Waals surface area (Å²) in [5.74, 6) is -0.243. The molecule has 0 aliphatic rings. The molecule has 0 aliphatic heterocycles. The van der Waals surface area contributed by atoms with Crippen molar-refractivity contribution in [1.29, 1.82) is 0 Å². The number of rotatable bonds is 3. The maximum Gasteiger partial charge on any atom is 0.274 e. The Bertz CT molecular complexity index is 604. The number of carbonyl (C=O) groups is 1. The minimum absolute atomic E-state index is 0.243. The second-order valence-electron chi connectivity index (χ2n) is 3.74. The van der Waals surface area contributed by atoms with E-state index in [0.717, 1.165) is 0 Å². The van der Waals surface area contributed by atoms with Crippen LogP contribution in [0.25, 0.3) is 6.08 Å². The maximum absolute atomic E-state index is 12.1. The molecule has 92 valence electrons. The minimum atomic E-state index is -0.243. The highest BCUT2D eigenvalue weighted by atomic mass is 35.5. The molecule has 1 N–H and O–H groups in total. The van der Waals surface area contributed by atoms with E-state index in [1.807, 2.05) is 0 Å². The summed E-state index contributed by atoms with van der Waals surface area (Å²) in [5, 5.41) is 7.37. The van der Waals surface area contributed by atoms with E-state index in [2.05, 4.69) is 17.0 Å². The molecule has 0 aliphatic carbocycles. The standard InChI is InChI=1S/C13H12ClN3O/c1-3-9-8-15-17(2)12(9)13(18)16-11-6-4-5-10(14)7-11/h3-8H,1H2,2H3,(H,16,18). The number of benzene rings is 1.